The van der Waals surface area contributed by atoms with Crippen LogP contribution in [0.2, 0.25) is 0 Å². The minimum atomic E-state index is 0.219. The zero-order valence-corrected chi connectivity index (χ0v) is 16.9. The van der Waals surface area contributed by atoms with Crippen LogP contribution in [0.1, 0.15) is 51.9 Å². The van der Waals surface area contributed by atoms with Gasteiger partial charge >= 0.3 is 0 Å². The number of hydrogen-bond donors (Lipinski definition) is 3. The Balaban J connectivity index is 1.47. The van der Waals surface area contributed by atoms with E-state index in [1.165, 1.54) is 6.42 Å². The fraction of sp³-hybridized carbons (Fsp3) is 0.900. The van der Waals surface area contributed by atoms with Gasteiger partial charge in [-0.25, -0.2) is 0 Å². The van der Waals surface area contributed by atoms with Crippen molar-refractivity contribution in [3.8, 4) is 0 Å². The molecule has 1 saturated carbocycles. The average Bonchev–Trinajstić information content (AvgIpc) is 2.63. The summed E-state index contributed by atoms with van der Waals surface area (Å²) < 4.78 is 11.2. The van der Waals surface area contributed by atoms with E-state index in [2.05, 4.69) is 27.9 Å². The number of aliphatic imine (C=N–C) groups is 1. The van der Waals surface area contributed by atoms with E-state index in [9.17, 15) is 4.79 Å². The maximum atomic E-state index is 11.8. The minimum Gasteiger partial charge on any atom is -0.381 e. The van der Waals surface area contributed by atoms with Crippen molar-refractivity contribution in [2.45, 2.75) is 51.9 Å². The molecule has 1 aliphatic heterocycles. The second-order valence-electron chi connectivity index (χ2n) is 7.44. The maximum Gasteiger partial charge on any atom is 0.223 e. The van der Waals surface area contributed by atoms with Gasteiger partial charge in [0.1, 0.15) is 0 Å². The SMILES string of the molecule is CCNC(=NCCCNC(=O)C1CCC1)NCCCOCC1CCOCC1. The number of carbonyl (C=O) groups is 1. The molecule has 2 rings (SSSR count). The molecule has 0 radical (unpaired) electrons. The van der Waals surface area contributed by atoms with Gasteiger partial charge in [0.15, 0.2) is 5.96 Å². The van der Waals surface area contributed by atoms with Crippen molar-refractivity contribution in [2.75, 3.05) is 52.6 Å². The first-order chi connectivity index (χ1) is 13.3. The van der Waals surface area contributed by atoms with Gasteiger partial charge in [0.05, 0.1) is 0 Å². The quantitative estimate of drug-likeness (QED) is 0.272. The van der Waals surface area contributed by atoms with Gasteiger partial charge in [0.25, 0.3) is 0 Å². The number of guanidine groups is 1. The zero-order chi connectivity index (χ0) is 19.2. The Morgan fingerprint density at radius 3 is 2.56 bits per heavy atom. The van der Waals surface area contributed by atoms with Crippen LogP contribution in [0, 0.1) is 11.8 Å². The van der Waals surface area contributed by atoms with Crippen molar-refractivity contribution < 1.29 is 14.3 Å². The number of rotatable bonds is 12. The molecule has 1 saturated heterocycles. The second kappa shape index (κ2) is 13.8. The molecule has 1 amide bonds. The van der Waals surface area contributed by atoms with Crippen molar-refractivity contribution in [2.24, 2.45) is 16.8 Å². The van der Waals surface area contributed by atoms with Crippen LogP contribution in [0.15, 0.2) is 4.99 Å². The van der Waals surface area contributed by atoms with Crippen molar-refractivity contribution in [3.63, 3.8) is 0 Å². The normalized spacial score (nSPS) is 18.8. The molecular weight excluding hydrogens is 344 g/mol. The maximum absolute atomic E-state index is 11.8. The highest BCUT2D eigenvalue weighted by atomic mass is 16.5. The lowest BCUT2D eigenvalue weighted by molar-refractivity contribution is -0.127. The van der Waals surface area contributed by atoms with E-state index in [0.717, 1.165) is 84.0 Å². The van der Waals surface area contributed by atoms with Crippen LogP contribution < -0.4 is 16.0 Å². The lowest BCUT2D eigenvalue weighted by Crippen LogP contribution is -2.38. The monoisotopic (exact) mass is 382 g/mol. The van der Waals surface area contributed by atoms with Crippen LogP contribution in [-0.2, 0) is 14.3 Å². The summed E-state index contributed by atoms with van der Waals surface area (Å²) in [5.41, 5.74) is 0. The Morgan fingerprint density at radius 2 is 1.85 bits per heavy atom. The lowest BCUT2D eigenvalue weighted by atomic mass is 9.85. The number of hydrogen-bond acceptors (Lipinski definition) is 4. The molecule has 0 atom stereocenters. The molecule has 0 bridgehead atoms. The summed E-state index contributed by atoms with van der Waals surface area (Å²) in [6.07, 6.45) is 7.37. The summed E-state index contributed by atoms with van der Waals surface area (Å²) >= 11 is 0. The van der Waals surface area contributed by atoms with Crippen LogP contribution in [0.5, 0.6) is 0 Å². The molecule has 2 aliphatic rings. The summed E-state index contributed by atoms with van der Waals surface area (Å²) in [6.45, 7) is 8.54. The van der Waals surface area contributed by atoms with Crippen molar-refractivity contribution in [1.29, 1.82) is 0 Å². The highest BCUT2D eigenvalue weighted by Crippen LogP contribution is 2.26. The van der Waals surface area contributed by atoms with Gasteiger partial charge in [-0.15, -0.1) is 0 Å². The van der Waals surface area contributed by atoms with Crippen molar-refractivity contribution in [1.82, 2.24) is 16.0 Å². The van der Waals surface area contributed by atoms with E-state index < -0.39 is 0 Å². The molecule has 0 unspecified atom stereocenters. The molecule has 7 nitrogen and oxygen atoms in total. The first-order valence-corrected chi connectivity index (χ1v) is 10.7. The van der Waals surface area contributed by atoms with E-state index in [4.69, 9.17) is 9.47 Å². The molecule has 2 fully saturated rings. The van der Waals surface area contributed by atoms with Crippen LogP contribution >= 0.6 is 0 Å². The fourth-order valence-corrected chi connectivity index (χ4v) is 3.18. The number of carbonyl (C=O) groups excluding carboxylic acids is 1. The molecule has 0 aromatic heterocycles. The number of nitrogens with zero attached hydrogens (tertiary/aromatic N) is 1. The highest BCUT2D eigenvalue weighted by Gasteiger charge is 2.24. The lowest BCUT2D eigenvalue weighted by Gasteiger charge is -2.23. The standard InChI is InChI=1S/C20H38N4O3/c1-2-21-20(23-11-4-10-22-19(25)18-6-3-7-18)24-12-5-13-27-16-17-8-14-26-15-9-17/h17-18H,2-16H2,1H3,(H,22,25)(H2,21,23,24). The minimum absolute atomic E-state index is 0.219. The van der Waals surface area contributed by atoms with Crippen LogP contribution in [0.25, 0.3) is 0 Å². The van der Waals surface area contributed by atoms with E-state index in [1.807, 2.05) is 0 Å². The zero-order valence-electron chi connectivity index (χ0n) is 16.9. The molecule has 27 heavy (non-hydrogen) atoms. The third-order valence-corrected chi connectivity index (χ3v) is 5.18. The van der Waals surface area contributed by atoms with Gasteiger partial charge in [0, 0.05) is 58.5 Å². The first kappa shape index (κ1) is 22.0. The Bertz CT molecular complexity index is 435. The number of amides is 1. The summed E-state index contributed by atoms with van der Waals surface area (Å²) in [4.78, 5) is 16.3. The first-order valence-electron chi connectivity index (χ1n) is 10.7. The molecule has 3 N–H and O–H groups in total. The summed E-state index contributed by atoms with van der Waals surface area (Å²) in [5, 5.41) is 9.62. The van der Waals surface area contributed by atoms with Gasteiger partial charge in [-0.3, -0.25) is 9.79 Å². The summed E-state index contributed by atoms with van der Waals surface area (Å²) in [5.74, 6) is 1.99. The molecule has 156 valence electrons. The number of nitrogens with one attached hydrogen (secondary N) is 3. The Morgan fingerprint density at radius 1 is 1.07 bits per heavy atom. The summed E-state index contributed by atoms with van der Waals surface area (Å²) in [7, 11) is 0. The van der Waals surface area contributed by atoms with Crippen molar-refractivity contribution >= 4 is 11.9 Å². The van der Waals surface area contributed by atoms with Crippen LogP contribution in [0.3, 0.4) is 0 Å². The third kappa shape index (κ3) is 9.42. The average molecular weight is 383 g/mol. The highest BCUT2D eigenvalue weighted by molar-refractivity contribution is 5.80. The van der Waals surface area contributed by atoms with E-state index >= 15 is 0 Å². The molecular formula is C20H38N4O3. The largest absolute Gasteiger partial charge is 0.381 e. The van der Waals surface area contributed by atoms with E-state index in [-0.39, 0.29) is 11.8 Å². The van der Waals surface area contributed by atoms with Gasteiger partial charge in [-0.2, -0.15) is 0 Å². The molecule has 0 aromatic rings. The predicted octanol–water partition coefficient (Wildman–Crippen LogP) is 1.68. The van der Waals surface area contributed by atoms with Gasteiger partial charge in [-0.05, 0) is 51.4 Å². The van der Waals surface area contributed by atoms with Gasteiger partial charge in [0.2, 0.25) is 5.91 Å². The molecule has 1 aliphatic carbocycles. The Hall–Kier alpha value is -1.34. The topological polar surface area (TPSA) is 84.0 Å². The Kier molecular flexibility index (Phi) is 11.2. The third-order valence-electron chi connectivity index (χ3n) is 5.18. The Labute approximate surface area is 164 Å². The smallest absolute Gasteiger partial charge is 0.223 e. The fourth-order valence-electron chi connectivity index (χ4n) is 3.18. The van der Waals surface area contributed by atoms with Gasteiger partial charge < -0.3 is 25.4 Å². The van der Waals surface area contributed by atoms with Crippen LogP contribution in [-0.4, -0.2) is 64.5 Å². The van der Waals surface area contributed by atoms with E-state index in [0.29, 0.717) is 19.0 Å². The van der Waals surface area contributed by atoms with Crippen LogP contribution in [0.4, 0.5) is 0 Å². The van der Waals surface area contributed by atoms with E-state index in [1.54, 1.807) is 0 Å². The molecule has 7 heteroatoms. The summed E-state index contributed by atoms with van der Waals surface area (Å²) in [6, 6.07) is 0. The van der Waals surface area contributed by atoms with Gasteiger partial charge in [-0.1, -0.05) is 6.42 Å². The van der Waals surface area contributed by atoms with Crippen molar-refractivity contribution in [3.05, 3.63) is 0 Å². The molecule has 0 spiro atoms. The molecule has 0 aromatic carbocycles. The molecule has 1 heterocycles. The predicted molar refractivity (Wildman–Crippen MR) is 108 cm³/mol. The number of ether oxygens (including phenoxy) is 2. The second-order valence-corrected chi connectivity index (χ2v) is 7.44.